The number of nitrogens with two attached hydrogens (primary N) is 2. The quantitative estimate of drug-likeness (QED) is 0.183. The maximum atomic E-state index is 14.2. The van der Waals surface area contributed by atoms with Crippen molar-refractivity contribution < 1.29 is 14.4 Å². The molecule has 0 radical (unpaired) electrons. The lowest BCUT2D eigenvalue weighted by molar-refractivity contribution is -0.127. The standard InChI is InChI=1S/C34H41N7O4/c1-19(2)37-33(44)28-15-14-26(20(3)38-28)23-8-4-21(5-9-23)16-30(31(36)42)41(34(45)24-10-6-22(18-35)7-11-24)25-12-13-27-29(17-25)39-40-32(27)43/h4-5,8-9,12-15,17,19,22,24,30H,6-7,10-11,16,18,35H2,1-3H3,(H2,36,42)(H,37,44)(H2,39,40,43)/t22?,24?,30-/m0/s1. The van der Waals surface area contributed by atoms with Gasteiger partial charge >= 0.3 is 0 Å². The summed E-state index contributed by atoms with van der Waals surface area (Å²) in [6.07, 6.45) is 3.28. The van der Waals surface area contributed by atoms with Crippen molar-refractivity contribution in [2.24, 2.45) is 23.3 Å². The highest BCUT2D eigenvalue weighted by atomic mass is 16.2. The number of benzene rings is 2. The summed E-state index contributed by atoms with van der Waals surface area (Å²) in [4.78, 5) is 57.8. The maximum Gasteiger partial charge on any atom is 0.271 e. The van der Waals surface area contributed by atoms with Crippen molar-refractivity contribution in [1.29, 1.82) is 0 Å². The summed E-state index contributed by atoms with van der Waals surface area (Å²) in [6, 6.07) is 15.4. The highest BCUT2D eigenvalue weighted by molar-refractivity contribution is 6.03. The number of carbonyl (C=O) groups excluding carboxylic acids is 3. The fourth-order valence-electron chi connectivity index (χ4n) is 6.17. The molecule has 0 aliphatic heterocycles. The third-order valence-electron chi connectivity index (χ3n) is 8.68. The zero-order valence-electron chi connectivity index (χ0n) is 25.9. The Labute approximate surface area is 261 Å². The van der Waals surface area contributed by atoms with Crippen LogP contribution >= 0.6 is 0 Å². The van der Waals surface area contributed by atoms with Crippen molar-refractivity contribution in [1.82, 2.24) is 20.5 Å². The van der Waals surface area contributed by atoms with E-state index in [0.717, 1.165) is 29.5 Å². The Morgan fingerprint density at radius 1 is 1.00 bits per heavy atom. The smallest absolute Gasteiger partial charge is 0.271 e. The van der Waals surface area contributed by atoms with E-state index in [1.54, 1.807) is 24.3 Å². The van der Waals surface area contributed by atoms with E-state index in [1.807, 2.05) is 51.1 Å². The minimum Gasteiger partial charge on any atom is -0.368 e. The topological polar surface area (TPSA) is 180 Å². The van der Waals surface area contributed by atoms with Crippen molar-refractivity contribution in [3.05, 3.63) is 81.9 Å². The molecule has 0 bridgehead atoms. The van der Waals surface area contributed by atoms with E-state index >= 15 is 0 Å². The van der Waals surface area contributed by atoms with Gasteiger partial charge in [0.25, 0.3) is 11.5 Å². The second-order valence-electron chi connectivity index (χ2n) is 12.2. The predicted octanol–water partition coefficient (Wildman–Crippen LogP) is 3.56. The normalized spacial score (nSPS) is 17.3. The summed E-state index contributed by atoms with van der Waals surface area (Å²) in [5.41, 5.74) is 16.3. The number of aromatic amines is 2. The van der Waals surface area contributed by atoms with E-state index in [1.165, 1.54) is 4.90 Å². The van der Waals surface area contributed by atoms with Crippen LogP contribution < -0.4 is 27.2 Å². The van der Waals surface area contributed by atoms with Crippen LogP contribution in [0, 0.1) is 18.8 Å². The van der Waals surface area contributed by atoms with Crippen molar-refractivity contribution in [2.75, 3.05) is 11.4 Å². The molecule has 1 saturated carbocycles. The first-order valence-electron chi connectivity index (χ1n) is 15.5. The molecule has 236 valence electrons. The monoisotopic (exact) mass is 611 g/mol. The lowest BCUT2D eigenvalue weighted by Crippen LogP contribution is -2.52. The summed E-state index contributed by atoms with van der Waals surface area (Å²) in [6.45, 7) is 6.25. The molecule has 45 heavy (non-hydrogen) atoms. The van der Waals surface area contributed by atoms with Gasteiger partial charge < -0.3 is 16.8 Å². The number of rotatable bonds is 10. The number of hydrogen-bond donors (Lipinski definition) is 5. The van der Waals surface area contributed by atoms with Crippen LogP contribution in [-0.4, -0.2) is 51.5 Å². The van der Waals surface area contributed by atoms with E-state index in [-0.39, 0.29) is 35.8 Å². The zero-order chi connectivity index (χ0) is 32.2. The number of aryl methyl sites for hydroxylation is 1. The minimum atomic E-state index is -0.958. The van der Waals surface area contributed by atoms with Gasteiger partial charge in [0, 0.05) is 35.3 Å². The number of fused-ring (bicyclic) bond motifs is 1. The molecule has 7 N–H and O–H groups in total. The zero-order valence-corrected chi connectivity index (χ0v) is 25.9. The van der Waals surface area contributed by atoms with Crippen LogP contribution in [0.5, 0.6) is 0 Å². The van der Waals surface area contributed by atoms with E-state index < -0.39 is 11.9 Å². The van der Waals surface area contributed by atoms with Crippen molar-refractivity contribution in [3.63, 3.8) is 0 Å². The van der Waals surface area contributed by atoms with Crippen LogP contribution in [0.3, 0.4) is 0 Å². The van der Waals surface area contributed by atoms with Gasteiger partial charge in [-0.3, -0.25) is 34.3 Å². The Kier molecular flexibility index (Phi) is 9.48. The number of nitrogens with one attached hydrogen (secondary N) is 3. The first-order chi connectivity index (χ1) is 21.5. The van der Waals surface area contributed by atoms with Gasteiger partial charge in [0.2, 0.25) is 11.8 Å². The molecule has 11 nitrogen and oxygen atoms in total. The Bertz CT molecular complexity index is 1750. The highest BCUT2D eigenvalue weighted by Gasteiger charge is 2.36. The van der Waals surface area contributed by atoms with Crippen LogP contribution in [0.4, 0.5) is 5.69 Å². The van der Waals surface area contributed by atoms with Crippen molar-refractivity contribution in [2.45, 2.75) is 65.0 Å². The van der Waals surface area contributed by atoms with Gasteiger partial charge in [0.05, 0.1) is 10.9 Å². The summed E-state index contributed by atoms with van der Waals surface area (Å²) in [5, 5.41) is 8.72. The minimum absolute atomic E-state index is 0.00836. The van der Waals surface area contributed by atoms with Crippen LogP contribution in [0.25, 0.3) is 22.0 Å². The number of hydrogen-bond acceptors (Lipinski definition) is 6. The van der Waals surface area contributed by atoms with Crippen LogP contribution in [0.15, 0.2) is 59.4 Å². The van der Waals surface area contributed by atoms with Gasteiger partial charge in [-0.15, -0.1) is 0 Å². The molecular formula is C34H41N7O4. The number of anilines is 1. The summed E-state index contributed by atoms with van der Waals surface area (Å²) in [5.74, 6) is -0.881. The fraction of sp³-hybridized carbons (Fsp3) is 0.382. The summed E-state index contributed by atoms with van der Waals surface area (Å²) >= 11 is 0. The number of carbonyl (C=O) groups is 3. The van der Waals surface area contributed by atoms with Gasteiger partial charge in [-0.05, 0) is 94.3 Å². The number of H-pyrrole nitrogens is 2. The molecule has 1 atom stereocenters. The number of nitrogens with zero attached hydrogens (tertiary/aromatic N) is 2. The SMILES string of the molecule is Cc1nc(C(=O)NC(C)C)ccc1-c1ccc(C[C@@H](C(N)=O)N(C(=O)C2CCC(CN)CC2)c2ccc3c(=O)[nH][nH]c3c2)cc1. The Hall–Kier alpha value is -4.77. The van der Waals surface area contributed by atoms with Gasteiger partial charge in [0.15, 0.2) is 0 Å². The second-order valence-corrected chi connectivity index (χ2v) is 12.2. The Balaban J connectivity index is 1.43. The molecule has 3 amide bonds. The lowest BCUT2D eigenvalue weighted by atomic mass is 9.81. The molecule has 0 saturated heterocycles. The Morgan fingerprint density at radius 3 is 2.33 bits per heavy atom. The van der Waals surface area contributed by atoms with E-state index in [2.05, 4.69) is 20.5 Å². The molecule has 1 fully saturated rings. The van der Waals surface area contributed by atoms with Crippen LogP contribution in [0.1, 0.15) is 61.3 Å². The third-order valence-corrected chi connectivity index (χ3v) is 8.68. The Morgan fingerprint density at radius 2 is 1.71 bits per heavy atom. The molecule has 2 aromatic heterocycles. The van der Waals surface area contributed by atoms with E-state index in [4.69, 9.17) is 11.5 Å². The van der Waals surface area contributed by atoms with Crippen LogP contribution in [0.2, 0.25) is 0 Å². The van der Waals surface area contributed by atoms with E-state index in [9.17, 15) is 19.2 Å². The first kappa shape index (κ1) is 31.6. The van der Waals surface area contributed by atoms with Crippen molar-refractivity contribution >= 4 is 34.3 Å². The number of amides is 3. The molecule has 4 aromatic rings. The average Bonchev–Trinajstić information content (AvgIpc) is 3.40. The molecule has 11 heteroatoms. The van der Waals surface area contributed by atoms with Gasteiger partial charge in [0.1, 0.15) is 11.7 Å². The van der Waals surface area contributed by atoms with Gasteiger partial charge in [-0.25, -0.2) is 4.98 Å². The van der Waals surface area contributed by atoms with Gasteiger partial charge in [-0.1, -0.05) is 30.3 Å². The predicted molar refractivity (Wildman–Crippen MR) is 175 cm³/mol. The molecule has 2 heterocycles. The third kappa shape index (κ3) is 6.99. The average molecular weight is 612 g/mol. The molecule has 1 aliphatic carbocycles. The molecule has 1 aliphatic rings. The second kappa shape index (κ2) is 13.5. The molecule has 0 unspecified atom stereocenters. The molecule has 2 aromatic carbocycles. The molecular weight excluding hydrogens is 570 g/mol. The number of pyridine rings is 1. The molecule has 0 spiro atoms. The number of primary amides is 1. The van der Waals surface area contributed by atoms with Crippen LogP contribution in [-0.2, 0) is 16.0 Å². The largest absolute Gasteiger partial charge is 0.368 e. The van der Waals surface area contributed by atoms with Gasteiger partial charge in [-0.2, -0.15) is 0 Å². The first-order valence-corrected chi connectivity index (χ1v) is 15.5. The highest BCUT2D eigenvalue weighted by Crippen LogP contribution is 2.33. The van der Waals surface area contributed by atoms with Crippen molar-refractivity contribution in [3.8, 4) is 11.1 Å². The lowest BCUT2D eigenvalue weighted by Gasteiger charge is -2.35. The molecule has 5 rings (SSSR count). The number of aromatic nitrogens is 3. The fourth-order valence-corrected chi connectivity index (χ4v) is 6.17. The summed E-state index contributed by atoms with van der Waals surface area (Å²) in [7, 11) is 0. The maximum absolute atomic E-state index is 14.2. The van der Waals surface area contributed by atoms with E-state index in [0.29, 0.717) is 53.3 Å². The summed E-state index contributed by atoms with van der Waals surface area (Å²) < 4.78 is 0.